The van der Waals surface area contributed by atoms with Gasteiger partial charge in [-0.25, -0.2) is 0 Å². The first-order valence-corrected chi connectivity index (χ1v) is 7.47. The fourth-order valence-corrected chi connectivity index (χ4v) is 2.79. The number of aromatic amines is 1. The Labute approximate surface area is 125 Å². The normalized spacial score (nSPS) is 22.0. The number of carbonyl (C=O) groups excluding carboxylic acids is 1. The van der Waals surface area contributed by atoms with Gasteiger partial charge in [-0.3, -0.25) is 9.89 Å². The molecule has 6 heteroatoms. The second kappa shape index (κ2) is 5.77. The summed E-state index contributed by atoms with van der Waals surface area (Å²) < 4.78 is 5.74. The van der Waals surface area contributed by atoms with E-state index in [9.17, 15) is 9.90 Å². The lowest BCUT2D eigenvalue weighted by Crippen LogP contribution is -2.42. The molecule has 0 saturated carbocycles. The molecule has 2 N–H and O–H groups in total. The maximum Gasteiger partial charge on any atom is 0.274 e. The molecule has 0 unspecified atom stereocenters. The Morgan fingerprint density at radius 1 is 1.52 bits per heavy atom. The molecule has 1 amide bonds. The van der Waals surface area contributed by atoms with Crippen LogP contribution in [0, 0.1) is 0 Å². The summed E-state index contributed by atoms with van der Waals surface area (Å²) in [6.07, 6.45) is 0.667. The van der Waals surface area contributed by atoms with Crippen LogP contribution in [-0.2, 0) is 11.2 Å². The highest BCUT2D eigenvalue weighted by molar-refractivity contribution is 5.94. The van der Waals surface area contributed by atoms with Crippen LogP contribution < -0.4 is 0 Å². The van der Waals surface area contributed by atoms with Gasteiger partial charge in [0.25, 0.3) is 5.91 Å². The van der Waals surface area contributed by atoms with Gasteiger partial charge in [0, 0.05) is 25.1 Å². The van der Waals surface area contributed by atoms with Crippen molar-refractivity contribution >= 4 is 5.91 Å². The van der Waals surface area contributed by atoms with Crippen LogP contribution >= 0.6 is 0 Å². The minimum absolute atomic E-state index is 0.0704. The van der Waals surface area contributed by atoms with Crippen LogP contribution in [0.2, 0.25) is 0 Å². The third-order valence-corrected chi connectivity index (χ3v) is 3.68. The minimum Gasteiger partial charge on any atom is -0.389 e. The van der Waals surface area contributed by atoms with Crippen molar-refractivity contribution in [2.75, 3.05) is 13.1 Å². The first-order chi connectivity index (χ1) is 9.73. The van der Waals surface area contributed by atoms with E-state index in [1.807, 2.05) is 20.8 Å². The zero-order valence-electron chi connectivity index (χ0n) is 13.4. The van der Waals surface area contributed by atoms with Gasteiger partial charge < -0.3 is 14.7 Å². The number of nitrogens with zero attached hydrogens (tertiary/aromatic N) is 2. The van der Waals surface area contributed by atoms with E-state index in [-0.39, 0.29) is 24.7 Å². The second-order valence-corrected chi connectivity index (χ2v) is 6.39. The minimum atomic E-state index is -0.925. The Bertz CT molecular complexity index is 519. The average Bonchev–Trinajstić information content (AvgIpc) is 2.77. The topological polar surface area (TPSA) is 78.5 Å². The molecule has 1 aliphatic heterocycles. The molecule has 0 spiro atoms. The number of rotatable bonds is 4. The quantitative estimate of drug-likeness (QED) is 0.885. The summed E-state index contributed by atoms with van der Waals surface area (Å²) >= 11 is 0. The molecule has 2 rings (SSSR count). The van der Waals surface area contributed by atoms with Gasteiger partial charge in [0.2, 0.25) is 0 Å². The average molecular weight is 295 g/mol. The number of carbonyl (C=O) groups is 1. The van der Waals surface area contributed by atoms with Gasteiger partial charge >= 0.3 is 0 Å². The monoisotopic (exact) mass is 295 g/mol. The van der Waals surface area contributed by atoms with Crippen LogP contribution in [-0.4, -0.2) is 50.9 Å². The molecule has 2 atom stereocenters. The van der Waals surface area contributed by atoms with Gasteiger partial charge in [-0.15, -0.1) is 0 Å². The van der Waals surface area contributed by atoms with Crippen LogP contribution in [0.25, 0.3) is 0 Å². The number of likely N-dealkylation sites (N-methyl/N-ethyl adjacent to an activating group) is 1. The number of hydrogen-bond donors (Lipinski definition) is 2. The number of nitrogens with one attached hydrogen (secondary N) is 1. The van der Waals surface area contributed by atoms with Crippen molar-refractivity contribution < 1.29 is 14.6 Å². The Kier molecular flexibility index (Phi) is 4.39. The van der Waals surface area contributed by atoms with Crippen LogP contribution in [0.15, 0.2) is 0 Å². The van der Waals surface area contributed by atoms with E-state index in [1.54, 1.807) is 18.7 Å². The van der Waals surface area contributed by atoms with Crippen molar-refractivity contribution in [2.24, 2.45) is 0 Å². The Morgan fingerprint density at radius 2 is 2.19 bits per heavy atom. The summed E-state index contributed by atoms with van der Waals surface area (Å²) in [5.74, 6) is -0.140. The fourth-order valence-electron chi connectivity index (χ4n) is 2.79. The second-order valence-electron chi connectivity index (χ2n) is 6.39. The number of H-pyrrole nitrogens is 1. The van der Waals surface area contributed by atoms with E-state index >= 15 is 0 Å². The van der Waals surface area contributed by atoms with Crippen molar-refractivity contribution in [3.63, 3.8) is 0 Å². The predicted molar refractivity (Wildman–Crippen MR) is 79.1 cm³/mol. The van der Waals surface area contributed by atoms with E-state index in [1.165, 1.54) is 0 Å². The smallest absolute Gasteiger partial charge is 0.274 e. The summed E-state index contributed by atoms with van der Waals surface area (Å²) in [6.45, 7) is 10.1. The van der Waals surface area contributed by atoms with Gasteiger partial charge in [-0.05, 0) is 34.6 Å². The Balaban J connectivity index is 2.28. The molecule has 0 fully saturated rings. The van der Waals surface area contributed by atoms with Crippen LogP contribution in [0.1, 0.15) is 62.5 Å². The van der Waals surface area contributed by atoms with Gasteiger partial charge in [0.1, 0.15) is 0 Å². The van der Waals surface area contributed by atoms with Crippen LogP contribution in [0.5, 0.6) is 0 Å². The molecule has 0 bridgehead atoms. The van der Waals surface area contributed by atoms with Crippen LogP contribution in [0.4, 0.5) is 0 Å². The Morgan fingerprint density at radius 3 is 2.76 bits per heavy atom. The van der Waals surface area contributed by atoms with Crippen molar-refractivity contribution in [3.05, 3.63) is 17.0 Å². The first kappa shape index (κ1) is 16.0. The van der Waals surface area contributed by atoms with E-state index in [0.717, 1.165) is 11.3 Å². The number of ether oxygens (including phenoxy) is 1. The van der Waals surface area contributed by atoms with Crippen molar-refractivity contribution in [1.82, 2.24) is 15.1 Å². The van der Waals surface area contributed by atoms with Crippen molar-refractivity contribution in [1.29, 1.82) is 0 Å². The van der Waals surface area contributed by atoms with E-state index in [4.69, 9.17) is 4.74 Å². The summed E-state index contributed by atoms with van der Waals surface area (Å²) in [6, 6.07) is 0. The maximum atomic E-state index is 12.7. The molecule has 1 aromatic heterocycles. The highest BCUT2D eigenvalue weighted by atomic mass is 16.5. The first-order valence-electron chi connectivity index (χ1n) is 7.47. The zero-order chi connectivity index (χ0) is 15.8. The van der Waals surface area contributed by atoms with Crippen molar-refractivity contribution in [2.45, 2.75) is 58.8 Å². The molecule has 0 saturated heterocycles. The third kappa shape index (κ3) is 3.44. The molecular formula is C15H25N3O3. The van der Waals surface area contributed by atoms with Gasteiger partial charge in [0.05, 0.1) is 23.5 Å². The molecule has 0 aromatic carbocycles. The van der Waals surface area contributed by atoms with E-state index in [0.29, 0.717) is 18.7 Å². The summed E-state index contributed by atoms with van der Waals surface area (Å²) in [5, 5.41) is 17.1. The number of hydrogen-bond acceptors (Lipinski definition) is 4. The van der Waals surface area contributed by atoms with Crippen molar-refractivity contribution in [3.8, 4) is 0 Å². The molecule has 21 heavy (non-hydrogen) atoms. The fraction of sp³-hybridized carbons (Fsp3) is 0.733. The molecule has 1 aromatic rings. The Hall–Kier alpha value is -1.40. The molecule has 0 radical (unpaired) electrons. The van der Waals surface area contributed by atoms with Crippen LogP contribution in [0.3, 0.4) is 0 Å². The zero-order valence-corrected chi connectivity index (χ0v) is 13.4. The lowest BCUT2D eigenvalue weighted by Gasteiger charge is -2.29. The lowest BCUT2D eigenvalue weighted by molar-refractivity contribution is -0.00711. The highest BCUT2D eigenvalue weighted by Gasteiger charge is 2.32. The summed E-state index contributed by atoms with van der Waals surface area (Å²) in [4.78, 5) is 14.3. The third-order valence-electron chi connectivity index (χ3n) is 3.68. The van der Waals surface area contributed by atoms with Gasteiger partial charge in [0.15, 0.2) is 5.69 Å². The number of aromatic nitrogens is 2. The van der Waals surface area contributed by atoms with E-state index in [2.05, 4.69) is 10.2 Å². The molecule has 2 heterocycles. The predicted octanol–water partition coefficient (Wildman–Crippen LogP) is 1.66. The van der Waals surface area contributed by atoms with Gasteiger partial charge in [-0.2, -0.15) is 5.10 Å². The number of aliphatic hydroxyl groups is 1. The maximum absolute atomic E-state index is 12.7. The SMILES string of the molecule is CCN(CC(C)(C)O)C(=O)c1n[nH]c2c1C[C@H](C)O[C@@H]2C. The highest BCUT2D eigenvalue weighted by Crippen LogP contribution is 2.30. The largest absolute Gasteiger partial charge is 0.389 e. The lowest BCUT2D eigenvalue weighted by atomic mass is 9.99. The number of amides is 1. The molecule has 118 valence electrons. The molecule has 6 nitrogen and oxygen atoms in total. The standard InChI is InChI=1S/C15H25N3O3/c1-6-18(8-15(4,5)20)14(19)13-11-7-9(2)21-10(3)12(11)16-17-13/h9-10,20H,6-8H2,1-5H3,(H,16,17)/t9-,10+/m0/s1. The molecule has 0 aliphatic carbocycles. The summed E-state index contributed by atoms with van der Waals surface area (Å²) in [7, 11) is 0. The van der Waals surface area contributed by atoms with Gasteiger partial charge in [-0.1, -0.05) is 0 Å². The molecular weight excluding hydrogens is 270 g/mol. The molecule has 1 aliphatic rings. The number of fused-ring (bicyclic) bond motifs is 1. The van der Waals surface area contributed by atoms with E-state index < -0.39 is 5.60 Å². The summed E-state index contributed by atoms with van der Waals surface area (Å²) in [5.41, 5.74) is 1.36.